The zero-order chi connectivity index (χ0) is 35.7. The van der Waals surface area contributed by atoms with Crippen LogP contribution >= 0.6 is 0 Å². The van der Waals surface area contributed by atoms with Crippen LogP contribution < -0.4 is 0 Å². The second-order valence-electron chi connectivity index (χ2n) is 12.3. The Morgan fingerprint density at radius 3 is 1.26 bits per heavy atom. The first-order chi connectivity index (χ1) is 22.2. The molecule has 0 aromatic carbocycles. The number of carbonyl (C=O) groups excluding carboxylic acids is 5. The van der Waals surface area contributed by atoms with E-state index in [0.717, 1.165) is 63.7 Å². The number of unbranched alkanes of at least 4 members (excludes halogenated alkanes) is 12. The maximum absolute atomic E-state index is 12.0. The highest BCUT2D eigenvalue weighted by Gasteiger charge is 2.19. The van der Waals surface area contributed by atoms with Crippen LogP contribution in [0.15, 0.2) is 0 Å². The molecule has 0 bridgehead atoms. The van der Waals surface area contributed by atoms with Crippen molar-refractivity contribution in [3.63, 3.8) is 0 Å². The fourth-order valence-electron chi connectivity index (χ4n) is 5.50. The highest BCUT2D eigenvalue weighted by atomic mass is 16.5. The first-order valence-corrected chi connectivity index (χ1v) is 18.6. The Kier molecular flexibility index (Phi) is 49.3. The summed E-state index contributed by atoms with van der Waals surface area (Å²) < 4.78 is 5.22. The zero-order valence-corrected chi connectivity index (χ0v) is 30.7. The lowest BCUT2D eigenvalue weighted by Crippen LogP contribution is -2.18. The lowest BCUT2D eigenvalue weighted by Gasteiger charge is -2.16. The van der Waals surface area contributed by atoms with Gasteiger partial charge < -0.3 is 9.84 Å². The SMILES string of the molecule is CCCCC(CC)CCCCCC(CCCC)C(=O)OCC.CCCCCCCCCCC(CCCC)C(=O)O.O=C=O.O=C=O. The number of ether oxygens (including phenoxy) is 1. The fraction of sp³-hybridized carbons (Fsp3) is 0.895. The van der Waals surface area contributed by atoms with Crippen LogP contribution in [0.25, 0.3) is 0 Å². The molecular formula is C38H72O8. The van der Waals surface area contributed by atoms with Gasteiger partial charge in [-0.1, -0.05) is 163 Å². The van der Waals surface area contributed by atoms with E-state index in [1.807, 2.05) is 6.92 Å². The zero-order valence-electron chi connectivity index (χ0n) is 30.7. The summed E-state index contributed by atoms with van der Waals surface area (Å²) in [4.78, 5) is 55.5. The molecule has 46 heavy (non-hydrogen) atoms. The molecule has 0 aromatic heterocycles. The highest BCUT2D eigenvalue weighted by Crippen LogP contribution is 2.23. The standard InChI is InChI=1S/C20H40O2.C16H32O2.2CO2/c1-5-9-14-18(7-3)15-12-11-13-17-19(16-10-6-2)20(21)22-8-4;1-3-5-7-8-9-10-11-12-14-15(16(17)18)13-6-4-2;2*2-1-3/h18-19H,5-17H2,1-4H3;15H,3-14H2,1-2H3,(H,17,18);;. The van der Waals surface area contributed by atoms with Crippen LogP contribution in [0.3, 0.4) is 0 Å². The molecule has 0 radical (unpaired) electrons. The van der Waals surface area contributed by atoms with Gasteiger partial charge in [0.1, 0.15) is 0 Å². The molecule has 0 aliphatic carbocycles. The van der Waals surface area contributed by atoms with Crippen molar-refractivity contribution in [2.75, 3.05) is 6.61 Å². The van der Waals surface area contributed by atoms with Gasteiger partial charge in [0, 0.05) is 0 Å². The lowest BCUT2D eigenvalue weighted by atomic mass is 9.91. The molecule has 0 saturated carbocycles. The lowest BCUT2D eigenvalue weighted by molar-refractivity contribution is -0.193. The maximum Gasteiger partial charge on any atom is 0.373 e. The van der Waals surface area contributed by atoms with Crippen molar-refractivity contribution in [2.45, 2.75) is 196 Å². The van der Waals surface area contributed by atoms with Crippen LogP contribution in [-0.4, -0.2) is 36.0 Å². The van der Waals surface area contributed by atoms with Crippen molar-refractivity contribution < 1.29 is 38.6 Å². The van der Waals surface area contributed by atoms with Gasteiger partial charge in [0.25, 0.3) is 0 Å². The van der Waals surface area contributed by atoms with Crippen molar-refractivity contribution in [3.8, 4) is 0 Å². The van der Waals surface area contributed by atoms with Crippen LogP contribution in [0, 0.1) is 17.8 Å². The average molecular weight is 657 g/mol. The van der Waals surface area contributed by atoms with Crippen LogP contribution in [0.5, 0.6) is 0 Å². The first kappa shape index (κ1) is 50.6. The van der Waals surface area contributed by atoms with E-state index in [4.69, 9.17) is 29.0 Å². The van der Waals surface area contributed by atoms with Gasteiger partial charge in [-0.3, -0.25) is 9.59 Å². The quantitative estimate of drug-likeness (QED) is 0.0650. The number of hydrogen-bond acceptors (Lipinski definition) is 7. The Morgan fingerprint density at radius 2 is 0.826 bits per heavy atom. The Labute approximate surface area is 282 Å². The largest absolute Gasteiger partial charge is 0.481 e. The molecule has 0 aliphatic rings. The summed E-state index contributed by atoms with van der Waals surface area (Å²) in [5.41, 5.74) is 0. The van der Waals surface area contributed by atoms with Crippen molar-refractivity contribution in [3.05, 3.63) is 0 Å². The molecular weight excluding hydrogens is 584 g/mol. The summed E-state index contributed by atoms with van der Waals surface area (Å²) in [5, 5.41) is 9.10. The van der Waals surface area contributed by atoms with Gasteiger partial charge in [0.05, 0.1) is 18.4 Å². The number of carboxylic acids is 1. The minimum Gasteiger partial charge on any atom is -0.481 e. The third-order valence-corrected chi connectivity index (χ3v) is 8.40. The second kappa shape index (κ2) is 44.8. The van der Waals surface area contributed by atoms with E-state index in [1.165, 1.54) is 96.3 Å². The minimum absolute atomic E-state index is 0.0327. The molecule has 272 valence electrons. The van der Waals surface area contributed by atoms with Crippen LogP contribution in [0.1, 0.15) is 196 Å². The van der Waals surface area contributed by atoms with E-state index in [-0.39, 0.29) is 30.1 Å². The van der Waals surface area contributed by atoms with E-state index in [9.17, 15) is 9.59 Å². The van der Waals surface area contributed by atoms with Crippen molar-refractivity contribution in [1.29, 1.82) is 0 Å². The Balaban J connectivity index is -0.000000331. The third-order valence-electron chi connectivity index (χ3n) is 8.40. The number of aliphatic carboxylic acids is 1. The first-order valence-electron chi connectivity index (χ1n) is 18.6. The molecule has 0 rings (SSSR count). The van der Waals surface area contributed by atoms with Gasteiger partial charge in [0.15, 0.2) is 0 Å². The van der Waals surface area contributed by atoms with E-state index < -0.39 is 5.97 Å². The normalized spacial score (nSPS) is 11.9. The van der Waals surface area contributed by atoms with E-state index >= 15 is 0 Å². The van der Waals surface area contributed by atoms with Gasteiger partial charge in [-0.05, 0) is 38.5 Å². The summed E-state index contributed by atoms with van der Waals surface area (Å²) in [7, 11) is 0. The summed E-state index contributed by atoms with van der Waals surface area (Å²) in [5.74, 6) is 0.407. The molecule has 0 fully saturated rings. The number of carbonyl (C=O) groups is 2. The number of esters is 1. The fourth-order valence-corrected chi connectivity index (χ4v) is 5.50. The molecule has 3 atom stereocenters. The molecule has 0 spiro atoms. The van der Waals surface area contributed by atoms with Crippen molar-refractivity contribution in [2.24, 2.45) is 17.8 Å². The molecule has 0 aromatic rings. The minimum atomic E-state index is -0.591. The molecule has 1 N–H and O–H groups in total. The molecule has 8 heteroatoms. The average Bonchev–Trinajstić information content (AvgIpc) is 3.03. The Hall–Kier alpha value is -2.30. The Bertz CT molecular complexity index is 685. The summed E-state index contributed by atoms with van der Waals surface area (Å²) in [6.07, 6.45) is 29.6. The van der Waals surface area contributed by atoms with Crippen molar-refractivity contribution >= 4 is 24.2 Å². The summed E-state index contributed by atoms with van der Waals surface area (Å²) in [6.45, 7) is 13.6. The van der Waals surface area contributed by atoms with Crippen molar-refractivity contribution in [1.82, 2.24) is 0 Å². The predicted molar refractivity (Wildman–Crippen MR) is 184 cm³/mol. The van der Waals surface area contributed by atoms with Gasteiger partial charge in [-0.2, -0.15) is 19.2 Å². The van der Waals surface area contributed by atoms with E-state index in [2.05, 4.69) is 34.6 Å². The van der Waals surface area contributed by atoms with Gasteiger partial charge in [-0.15, -0.1) is 0 Å². The molecule has 8 nitrogen and oxygen atoms in total. The third kappa shape index (κ3) is 41.7. The molecule has 0 aliphatic heterocycles. The topological polar surface area (TPSA) is 132 Å². The summed E-state index contributed by atoms with van der Waals surface area (Å²) >= 11 is 0. The van der Waals surface area contributed by atoms with Gasteiger partial charge in [-0.25, -0.2) is 0 Å². The number of hydrogen-bond donors (Lipinski definition) is 1. The number of rotatable bonds is 28. The summed E-state index contributed by atoms with van der Waals surface area (Å²) in [6, 6.07) is 0. The monoisotopic (exact) mass is 657 g/mol. The van der Waals surface area contributed by atoms with Crippen LogP contribution in [0.4, 0.5) is 0 Å². The van der Waals surface area contributed by atoms with E-state index in [0.29, 0.717) is 6.61 Å². The van der Waals surface area contributed by atoms with Gasteiger partial charge in [0.2, 0.25) is 0 Å². The highest BCUT2D eigenvalue weighted by molar-refractivity contribution is 5.72. The van der Waals surface area contributed by atoms with Gasteiger partial charge >= 0.3 is 24.2 Å². The van der Waals surface area contributed by atoms with Crippen LogP contribution in [-0.2, 0) is 33.5 Å². The molecule has 0 saturated heterocycles. The maximum atomic E-state index is 12.0. The Morgan fingerprint density at radius 1 is 0.500 bits per heavy atom. The molecule has 0 heterocycles. The molecule has 0 amide bonds. The smallest absolute Gasteiger partial charge is 0.373 e. The number of carboxylic acid groups (broad SMARTS) is 1. The van der Waals surface area contributed by atoms with E-state index in [1.54, 1.807) is 0 Å². The molecule has 3 unspecified atom stereocenters. The second-order valence-corrected chi connectivity index (χ2v) is 12.3. The predicted octanol–water partition coefficient (Wildman–Crippen LogP) is 10.8. The van der Waals surface area contributed by atoms with Crippen LogP contribution in [0.2, 0.25) is 0 Å².